The highest BCUT2D eigenvalue weighted by Gasteiger charge is 2.13. The molecule has 0 bridgehead atoms. The lowest BCUT2D eigenvalue weighted by atomic mass is 10.2. The van der Waals surface area contributed by atoms with Crippen molar-refractivity contribution in [1.82, 2.24) is 0 Å². The van der Waals surface area contributed by atoms with E-state index in [1.807, 2.05) is 0 Å². The molecule has 0 saturated heterocycles. The van der Waals surface area contributed by atoms with Crippen LogP contribution in [-0.2, 0) is 19.1 Å². The van der Waals surface area contributed by atoms with E-state index in [1.54, 1.807) is 6.92 Å². The highest BCUT2D eigenvalue weighted by molar-refractivity contribution is 5.84. The molecule has 0 aromatic carbocycles. The molecule has 5 nitrogen and oxygen atoms in total. The zero-order chi connectivity index (χ0) is 11.8. The van der Waals surface area contributed by atoms with Gasteiger partial charge in [-0.25, -0.2) is 0 Å². The second-order valence-corrected chi connectivity index (χ2v) is 3.31. The van der Waals surface area contributed by atoms with Gasteiger partial charge in [0.15, 0.2) is 5.78 Å². The molecular weight excluding hydrogens is 198 g/mol. The van der Waals surface area contributed by atoms with Crippen molar-refractivity contribution in [3.63, 3.8) is 0 Å². The third-order valence-corrected chi connectivity index (χ3v) is 1.87. The minimum absolute atomic E-state index is 0.0440. The van der Waals surface area contributed by atoms with Gasteiger partial charge in [0.05, 0.1) is 12.5 Å². The number of carbonyl (C=O) groups is 3. The molecule has 0 aliphatic heterocycles. The highest BCUT2D eigenvalue weighted by Crippen LogP contribution is 1.96. The molecule has 5 heteroatoms. The van der Waals surface area contributed by atoms with E-state index in [1.165, 1.54) is 6.92 Å². The Morgan fingerprint density at radius 2 is 1.87 bits per heavy atom. The Balaban J connectivity index is 3.71. The van der Waals surface area contributed by atoms with E-state index >= 15 is 0 Å². The number of hydrogen-bond acceptors (Lipinski definition) is 5. The molecule has 0 aliphatic rings. The molecule has 0 aromatic heterocycles. The maximum absolute atomic E-state index is 11.0. The van der Waals surface area contributed by atoms with Gasteiger partial charge in [-0.1, -0.05) is 6.92 Å². The average Bonchev–Trinajstić information content (AvgIpc) is 2.21. The Morgan fingerprint density at radius 1 is 1.27 bits per heavy atom. The molecule has 2 N–H and O–H groups in total. The minimum Gasteiger partial charge on any atom is -0.464 e. The Hall–Kier alpha value is -1.23. The first kappa shape index (κ1) is 13.8. The number of hydrogen-bond donors (Lipinski definition) is 1. The van der Waals surface area contributed by atoms with E-state index < -0.39 is 12.0 Å². The van der Waals surface area contributed by atoms with Crippen LogP contribution < -0.4 is 5.73 Å². The summed E-state index contributed by atoms with van der Waals surface area (Å²) >= 11 is 0. The fraction of sp³-hybridized carbons (Fsp3) is 0.700. The molecule has 0 fully saturated rings. The van der Waals surface area contributed by atoms with Crippen LogP contribution >= 0.6 is 0 Å². The minimum atomic E-state index is -0.753. The van der Waals surface area contributed by atoms with E-state index in [9.17, 15) is 14.4 Å². The van der Waals surface area contributed by atoms with Gasteiger partial charge < -0.3 is 15.3 Å². The molecule has 0 amide bonds. The summed E-state index contributed by atoms with van der Waals surface area (Å²) in [4.78, 5) is 32.6. The summed E-state index contributed by atoms with van der Waals surface area (Å²) in [6, 6.07) is -0.753. The lowest BCUT2D eigenvalue weighted by Crippen LogP contribution is -2.35. The van der Waals surface area contributed by atoms with Crippen molar-refractivity contribution in [2.45, 2.75) is 39.2 Å². The number of Topliss-reactive ketones (excluding diaryl/α,β-unsaturated/α-hetero) is 2. The molecule has 0 heterocycles. The summed E-state index contributed by atoms with van der Waals surface area (Å²) < 4.78 is 4.74. The van der Waals surface area contributed by atoms with Crippen LogP contribution in [0.4, 0.5) is 0 Å². The van der Waals surface area contributed by atoms with E-state index in [0.717, 1.165) is 0 Å². The molecular formula is C10H17NO4. The van der Waals surface area contributed by atoms with Gasteiger partial charge in [-0.3, -0.25) is 9.59 Å². The summed E-state index contributed by atoms with van der Waals surface area (Å²) in [5.41, 5.74) is 5.44. The summed E-state index contributed by atoms with van der Waals surface area (Å²) in [5, 5.41) is 0. The lowest BCUT2D eigenvalue weighted by molar-refractivity contribution is -0.145. The van der Waals surface area contributed by atoms with Crippen LogP contribution in [0.5, 0.6) is 0 Å². The van der Waals surface area contributed by atoms with Crippen molar-refractivity contribution in [3.8, 4) is 0 Å². The molecule has 0 aromatic rings. The van der Waals surface area contributed by atoms with Gasteiger partial charge in [-0.15, -0.1) is 0 Å². The number of rotatable bonds is 7. The van der Waals surface area contributed by atoms with Crippen molar-refractivity contribution < 1.29 is 19.1 Å². The van der Waals surface area contributed by atoms with Crippen molar-refractivity contribution >= 4 is 17.5 Å². The van der Waals surface area contributed by atoms with Crippen LogP contribution in [-0.4, -0.2) is 30.2 Å². The topological polar surface area (TPSA) is 86.5 Å². The van der Waals surface area contributed by atoms with Gasteiger partial charge in [-0.05, 0) is 6.92 Å². The molecule has 86 valence electrons. The third kappa shape index (κ3) is 6.79. The lowest BCUT2D eigenvalue weighted by Gasteiger charge is -2.09. The fourth-order valence-corrected chi connectivity index (χ4v) is 0.888. The van der Waals surface area contributed by atoms with Gasteiger partial charge >= 0.3 is 5.97 Å². The second kappa shape index (κ2) is 7.11. The summed E-state index contributed by atoms with van der Waals surface area (Å²) in [5.74, 6) is -0.709. The zero-order valence-electron chi connectivity index (χ0n) is 9.12. The van der Waals surface area contributed by atoms with E-state index in [-0.39, 0.29) is 31.0 Å². The molecule has 15 heavy (non-hydrogen) atoms. The number of ether oxygens (including phenoxy) is 1. The molecule has 0 aliphatic carbocycles. The van der Waals surface area contributed by atoms with E-state index in [0.29, 0.717) is 6.42 Å². The number of nitrogens with two attached hydrogens (primary N) is 1. The van der Waals surface area contributed by atoms with Gasteiger partial charge in [0.1, 0.15) is 12.4 Å². The van der Waals surface area contributed by atoms with E-state index in [2.05, 4.69) is 0 Å². The Morgan fingerprint density at radius 3 is 2.33 bits per heavy atom. The van der Waals surface area contributed by atoms with E-state index in [4.69, 9.17) is 10.5 Å². The largest absolute Gasteiger partial charge is 0.464 e. The normalized spacial score (nSPS) is 11.9. The predicted octanol–water partition coefficient (Wildman–Crippen LogP) is 0.205. The maximum Gasteiger partial charge on any atom is 0.306 e. The Labute approximate surface area is 89.0 Å². The van der Waals surface area contributed by atoms with Crippen molar-refractivity contribution in [1.29, 1.82) is 0 Å². The van der Waals surface area contributed by atoms with Crippen molar-refractivity contribution in [2.75, 3.05) is 6.61 Å². The average molecular weight is 215 g/mol. The molecule has 0 spiro atoms. The third-order valence-electron chi connectivity index (χ3n) is 1.87. The SMILES string of the molecule is CCC(=O)C(N)COC(=O)CCC(C)=O. The van der Waals surface area contributed by atoms with Crippen LogP contribution in [0.25, 0.3) is 0 Å². The van der Waals surface area contributed by atoms with Crippen molar-refractivity contribution in [2.24, 2.45) is 5.73 Å². The maximum atomic E-state index is 11.0. The first-order chi connectivity index (χ1) is 6.97. The smallest absolute Gasteiger partial charge is 0.306 e. The van der Waals surface area contributed by atoms with Crippen LogP contribution in [0.2, 0.25) is 0 Å². The van der Waals surface area contributed by atoms with Crippen LogP contribution in [0.3, 0.4) is 0 Å². The first-order valence-corrected chi connectivity index (χ1v) is 4.90. The summed E-state index contributed by atoms with van der Waals surface area (Å²) in [6.45, 7) is 2.99. The molecule has 0 rings (SSSR count). The van der Waals surface area contributed by atoms with Gasteiger partial charge in [0, 0.05) is 12.8 Å². The summed E-state index contributed by atoms with van der Waals surface area (Å²) in [6.07, 6.45) is 0.532. The molecule has 1 unspecified atom stereocenters. The Bertz CT molecular complexity index is 250. The zero-order valence-corrected chi connectivity index (χ0v) is 9.12. The monoisotopic (exact) mass is 215 g/mol. The first-order valence-electron chi connectivity index (χ1n) is 4.90. The van der Waals surface area contributed by atoms with Crippen LogP contribution in [0, 0.1) is 0 Å². The molecule has 0 radical (unpaired) electrons. The highest BCUT2D eigenvalue weighted by atomic mass is 16.5. The van der Waals surface area contributed by atoms with Gasteiger partial charge in [0.2, 0.25) is 0 Å². The van der Waals surface area contributed by atoms with Gasteiger partial charge in [0.25, 0.3) is 0 Å². The van der Waals surface area contributed by atoms with Crippen LogP contribution in [0.15, 0.2) is 0 Å². The predicted molar refractivity (Wildman–Crippen MR) is 54.1 cm³/mol. The second-order valence-electron chi connectivity index (χ2n) is 3.31. The molecule has 1 atom stereocenters. The van der Waals surface area contributed by atoms with Gasteiger partial charge in [-0.2, -0.15) is 0 Å². The number of carbonyl (C=O) groups excluding carboxylic acids is 3. The Kier molecular flexibility index (Phi) is 6.53. The molecule has 0 saturated carbocycles. The number of ketones is 2. The standard InChI is InChI=1S/C10H17NO4/c1-3-9(13)8(11)6-15-10(14)5-4-7(2)12/h8H,3-6,11H2,1-2H3. The number of esters is 1. The van der Waals surface area contributed by atoms with Crippen LogP contribution in [0.1, 0.15) is 33.1 Å². The fourth-order valence-electron chi connectivity index (χ4n) is 0.888. The quantitative estimate of drug-likeness (QED) is 0.613. The van der Waals surface area contributed by atoms with Crippen molar-refractivity contribution in [3.05, 3.63) is 0 Å². The summed E-state index contributed by atoms with van der Waals surface area (Å²) in [7, 11) is 0.